The predicted molar refractivity (Wildman–Crippen MR) is 297 cm³/mol. The zero-order valence-corrected chi connectivity index (χ0v) is 44.7. The smallest absolute Gasteiger partial charge is 0.415 e. The number of phenols is 2. The molecule has 4 aromatic carbocycles. The van der Waals surface area contributed by atoms with E-state index in [0.29, 0.717) is 131 Å². The first-order valence-electron chi connectivity index (χ1n) is 25.5. The molecule has 1 fully saturated rings. The van der Waals surface area contributed by atoms with E-state index in [2.05, 4.69) is 64.7 Å². The van der Waals surface area contributed by atoms with Gasteiger partial charge in [0, 0.05) is 109 Å². The van der Waals surface area contributed by atoms with E-state index in [1.807, 2.05) is 64.2 Å². The summed E-state index contributed by atoms with van der Waals surface area (Å²) in [7, 11) is 5.16. The highest BCUT2D eigenvalue weighted by Gasteiger charge is 2.26. The van der Waals surface area contributed by atoms with Gasteiger partial charge >= 0.3 is 6.09 Å². The van der Waals surface area contributed by atoms with E-state index in [1.54, 1.807) is 42.2 Å². The van der Waals surface area contributed by atoms with Crippen molar-refractivity contribution in [3.8, 4) is 28.7 Å². The number of halogens is 1. The molecule has 0 aliphatic carbocycles. The zero-order valence-electron chi connectivity index (χ0n) is 44.7. The van der Waals surface area contributed by atoms with Gasteiger partial charge in [-0.15, -0.1) is 5.10 Å². The third-order valence-electron chi connectivity index (χ3n) is 12.7. The third kappa shape index (κ3) is 17.0. The van der Waals surface area contributed by atoms with Gasteiger partial charge in [-0.25, -0.2) is 9.18 Å². The van der Waals surface area contributed by atoms with Crippen molar-refractivity contribution in [2.24, 2.45) is 20.2 Å². The first-order valence-corrected chi connectivity index (χ1v) is 25.5. The number of anilines is 1. The lowest BCUT2D eigenvalue weighted by Crippen LogP contribution is -2.49. The van der Waals surface area contributed by atoms with Gasteiger partial charge in [0.05, 0.1) is 19.3 Å². The fourth-order valence-corrected chi connectivity index (χ4v) is 8.72. The molecule has 4 aromatic rings. The van der Waals surface area contributed by atoms with Crippen LogP contribution in [0.3, 0.4) is 0 Å². The quantitative estimate of drug-likeness (QED) is 0.0127. The number of hydrogen-bond acceptors (Lipinski definition) is 15. The Balaban J connectivity index is 1.12. The van der Waals surface area contributed by atoms with Crippen LogP contribution in [0, 0.1) is 5.82 Å². The average molecular weight is 1050 g/mol. The van der Waals surface area contributed by atoms with E-state index in [9.17, 15) is 24.6 Å². The van der Waals surface area contributed by atoms with Gasteiger partial charge in [0.1, 0.15) is 41.1 Å². The Kier molecular flexibility index (Phi) is 23.9. The fraction of sp³-hybridized carbons (Fsp3) is 0.436. The number of aromatic hydroxyl groups is 2. The summed E-state index contributed by atoms with van der Waals surface area (Å²) in [6.07, 6.45) is 1.85. The molecule has 3 amide bonds. The molecule has 0 aromatic heterocycles. The maximum atomic E-state index is 15.5. The van der Waals surface area contributed by atoms with Gasteiger partial charge in [-0.05, 0) is 106 Å². The number of amidine groups is 2. The number of likely N-dealkylation sites (N-methyl/N-ethyl adjacent to an activating group) is 2. The number of aliphatic imine (C=N–C) groups is 2. The summed E-state index contributed by atoms with van der Waals surface area (Å²) in [6.45, 7) is 20.0. The van der Waals surface area contributed by atoms with Gasteiger partial charge < -0.3 is 55.5 Å². The molecule has 1 aliphatic heterocycles. The second-order valence-corrected chi connectivity index (χ2v) is 18.2. The third-order valence-corrected chi connectivity index (χ3v) is 12.7. The van der Waals surface area contributed by atoms with Crippen LogP contribution in [0.1, 0.15) is 67.3 Å². The number of amides is 3. The Labute approximate surface area is 445 Å². The number of phenolic OH excluding ortho intramolecular Hbond substituents is 2. The summed E-state index contributed by atoms with van der Waals surface area (Å²) in [4.78, 5) is 53.6. The van der Waals surface area contributed by atoms with Crippen molar-refractivity contribution in [3.05, 3.63) is 100 Å². The molecule has 1 aliphatic rings. The molecule has 1 heterocycles. The molecular weight excluding hydrogens is 976 g/mol. The summed E-state index contributed by atoms with van der Waals surface area (Å²) in [5.74, 6) is 0.836. The number of hydrogen-bond donors (Lipinski definition) is 6. The maximum absolute atomic E-state index is 15.5. The molecule has 1 saturated heterocycles. The molecule has 0 atom stereocenters. The first-order chi connectivity index (χ1) is 36.8. The summed E-state index contributed by atoms with van der Waals surface area (Å²) in [6, 6.07) is 18.6. The summed E-state index contributed by atoms with van der Waals surface area (Å²) < 4.78 is 33.0. The minimum absolute atomic E-state index is 0.0669. The van der Waals surface area contributed by atoms with E-state index >= 15 is 4.39 Å². The van der Waals surface area contributed by atoms with E-state index in [0.717, 1.165) is 30.6 Å². The van der Waals surface area contributed by atoms with Crippen molar-refractivity contribution in [1.82, 2.24) is 36.0 Å². The molecular formula is C55H75FN12O8. The molecule has 0 spiro atoms. The SMILES string of the molecule is C=N/N=C(/c1cc(C(C)C)c(O)cc1O)N(CC(=O)NCC)c1ccc(CN(CCCc2ccc(OC(=O)N3CCN(CCCOc4ccc(C(=NC)NCCNC)c(N=C)c4OC)CC3)cc2F)CCNC=O)cc1. The normalized spacial score (nSPS) is 13.1. The molecule has 0 saturated carbocycles. The van der Waals surface area contributed by atoms with Gasteiger partial charge in [-0.2, -0.15) is 5.10 Å². The second-order valence-electron chi connectivity index (χ2n) is 18.2. The number of carbonyl (C=O) groups excluding carboxylic acids is 3. The number of carbonyl (C=O) groups is 3. The highest BCUT2D eigenvalue weighted by atomic mass is 19.1. The second kappa shape index (κ2) is 30.7. The zero-order chi connectivity index (χ0) is 55.0. The van der Waals surface area contributed by atoms with Crippen LogP contribution in [0.2, 0.25) is 0 Å². The molecule has 0 unspecified atom stereocenters. The lowest BCUT2D eigenvalue weighted by molar-refractivity contribution is -0.119. The molecule has 5 rings (SSSR count). The number of piperazine rings is 1. The standard InChI is InChI=1S/C55H75FN12O8/c1-9-62-50(72)36-68(54(64-60-7)45-33-44(38(2)3)47(70)34-48(45)71)41-16-13-39(14-17-41)35-66(26-23-61-37-69)24-10-12-40-15-18-42(32-46(40)56)76-55(73)67-29-27-65(28-30-67)25-11-31-75-49-20-19-43(51(58-5)52(49)74-8)53(59-6)63-22-21-57-4/h13-20,32-34,37-38,57,70-71H,5,7,9-12,21-31,35-36H2,1-4,6,8H3,(H,59,63)(H,61,69)(H,62,72)/b64-54-. The van der Waals surface area contributed by atoms with Crippen molar-refractivity contribution in [1.29, 1.82) is 0 Å². The number of rotatable bonds is 29. The average Bonchev–Trinajstić information content (AvgIpc) is 3.41. The summed E-state index contributed by atoms with van der Waals surface area (Å²) in [5, 5.41) is 41.5. The van der Waals surface area contributed by atoms with E-state index < -0.39 is 11.9 Å². The Morgan fingerprint density at radius 1 is 0.921 bits per heavy atom. The van der Waals surface area contributed by atoms with E-state index in [-0.39, 0.29) is 47.0 Å². The van der Waals surface area contributed by atoms with Crippen LogP contribution in [0.5, 0.6) is 28.7 Å². The van der Waals surface area contributed by atoms with Crippen molar-refractivity contribution < 1.29 is 43.2 Å². The van der Waals surface area contributed by atoms with E-state index in [4.69, 9.17) is 14.2 Å². The van der Waals surface area contributed by atoms with Crippen molar-refractivity contribution in [2.45, 2.75) is 52.5 Å². The number of aryl methyl sites for hydroxylation is 1. The van der Waals surface area contributed by atoms with Crippen molar-refractivity contribution in [3.63, 3.8) is 0 Å². The highest BCUT2D eigenvalue weighted by Crippen LogP contribution is 2.40. The molecule has 0 radical (unpaired) electrons. The molecule has 20 nitrogen and oxygen atoms in total. The summed E-state index contributed by atoms with van der Waals surface area (Å²) >= 11 is 0. The maximum Gasteiger partial charge on any atom is 0.415 e. The summed E-state index contributed by atoms with van der Waals surface area (Å²) in [5.41, 5.74) is 4.13. The van der Waals surface area contributed by atoms with Crippen molar-refractivity contribution in [2.75, 3.05) is 111 Å². The van der Waals surface area contributed by atoms with Crippen LogP contribution in [0.25, 0.3) is 0 Å². The molecule has 410 valence electrons. The van der Waals surface area contributed by atoms with Crippen molar-refractivity contribution >= 4 is 54.9 Å². The number of methoxy groups -OCH3 is 1. The Morgan fingerprint density at radius 3 is 2.33 bits per heavy atom. The van der Waals surface area contributed by atoms with Crippen LogP contribution in [-0.4, -0.2) is 175 Å². The minimum Gasteiger partial charge on any atom is -0.508 e. The topological polar surface area (TPSA) is 230 Å². The van der Waals surface area contributed by atoms with Gasteiger partial charge in [0.25, 0.3) is 0 Å². The number of nitrogens with one attached hydrogen (secondary N) is 4. The van der Waals surface area contributed by atoms with Gasteiger partial charge in [-0.1, -0.05) is 32.0 Å². The number of benzene rings is 4. The first kappa shape index (κ1) is 59.3. The van der Waals surface area contributed by atoms with E-state index in [1.165, 1.54) is 12.1 Å². The van der Waals surface area contributed by atoms with Crippen LogP contribution < -0.4 is 40.4 Å². The minimum atomic E-state index is -0.535. The van der Waals surface area contributed by atoms with Gasteiger partial charge in [-0.3, -0.25) is 29.4 Å². The Bertz CT molecular complexity index is 2620. The monoisotopic (exact) mass is 1050 g/mol. The number of nitrogens with zero attached hydrogens (tertiary/aromatic N) is 8. The predicted octanol–water partition coefficient (Wildman–Crippen LogP) is 5.66. The van der Waals surface area contributed by atoms with Gasteiger partial charge in [0.15, 0.2) is 17.3 Å². The van der Waals surface area contributed by atoms with Gasteiger partial charge in [0.2, 0.25) is 12.3 Å². The largest absolute Gasteiger partial charge is 0.508 e. The Morgan fingerprint density at radius 2 is 1.68 bits per heavy atom. The molecule has 21 heteroatoms. The number of ether oxygens (including phenoxy) is 3. The van der Waals surface area contributed by atoms with Crippen LogP contribution in [0.4, 0.5) is 20.6 Å². The Hall–Kier alpha value is -7.62. The lowest BCUT2D eigenvalue weighted by atomic mass is 9.98. The molecule has 0 bridgehead atoms. The fourth-order valence-electron chi connectivity index (χ4n) is 8.72. The van der Waals surface area contributed by atoms with Crippen LogP contribution in [0.15, 0.2) is 86.9 Å². The molecule has 6 N–H and O–H groups in total. The van der Waals surface area contributed by atoms with Crippen LogP contribution in [-0.2, 0) is 22.6 Å². The van der Waals surface area contributed by atoms with Crippen LogP contribution >= 0.6 is 0 Å². The highest BCUT2D eigenvalue weighted by molar-refractivity contribution is 6.13. The lowest BCUT2D eigenvalue weighted by Gasteiger charge is -2.34. The molecule has 76 heavy (non-hydrogen) atoms.